The molecule has 2 N–H and O–H groups in total. The van der Waals surface area contributed by atoms with E-state index in [9.17, 15) is 0 Å². The predicted molar refractivity (Wildman–Crippen MR) is 96.4 cm³/mol. The second-order valence-corrected chi connectivity index (χ2v) is 5.76. The lowest BCUT2D eigenvalue weighted by Crippen LogP contribution is -2.39. The summed E-state index contributed by atoms with van der Waals surface area (Å²) in [6.07, 6.45) is 0. The van der Waals surface area contributed by atoms with E-state index in [4.69, 9.17) is 4.99 Å². The van der Waals surface area contributed by atoms with Gasteiger partial charge in [-0.2, -0.15) is 0 Å². The lowest BCUT2D eigenvalue weighted by Gasteiger charge is -2.24. The molecule has 1 aromatic carbocycles. The largest absolute Gasteiger partial charge is 0.357 e. The van der Waals surface area contributed by atoms with Gasteiger partial charge in [-0.25, -0.2) is 0 Å². The van der Waals surface area contributed by atoms with Crippen LogP contribution < -0.4 is 10.6 Å². The summed E-state index contributed by atoms with van der Waals surface area (Å²) in [5, 5.41) is 6.80. The Balaban J connectivity index is 2.58. The van der Waals surface area contributed by atoms with Gasteiger partial charge in [0.1, 0.15) is 0 Å². The van der Waals surface area contributed by atoms with Crippen molar-refractivity contribution in [2.24, 2.45) is 4.99 Å². The molecule has 1 rings (SSSR count). The second kappa shape index (κ2) is 10.2. The maximum Gasteiger partial charge on any atom is 0.191 e. The molecule has 1 unspecified atom stereocenters. The molecule has 0 aliphatic heterocycles. The zero-order valence-electron chi connectivity index (χ0n) is 14.8. The minimum atomic E-state index is 0.242. The first-order chi connectivity index (χ1) is 10.6. The number of rotatable bonds is 8. The highest BCUT2D eigenvalue weighted by Gasteiger charge is 2.08. The molecule has 0 radical (unpaired) electrons. The molecule has 0 spiro atoms. The zero-order valence-corrected chi connectivity index (χ0v) is 14.8. The Morgan fingerprint density at radius 2 is 1.82 bits per heavy atom. The summed E-state index contributed by atoms with van der Waals surface area (Å²) in [4.78, 5) is 7.13. The maximum absolute atomic E-state index is 4.70. The van der Waals surface area contributed by atoms with Gasteiger partial charge in [-0.05, 0) is 39.8 Å². The van der Waals surface area contributed by atoms with Gasteiger partial charge in [0.25, 0.3) is 0 Å². The Labute approximate surface area is 136 Å². The lowest BCUT2D eigenvalue weighted by atomic mass is 10.1. The van der Waals surface area contributed by atoms with Crippen molar-refractivity contribution in [3.05, 3.63) is 35.9 Å². The fourth-order valence-electron chi connectivity index (χ4n) is 2.42. The first kappa shape index (κ1) is 18.5. The van der Waals surface area contributed by atoms with Crippen molar-refractivity contribution < 1.29 is 0 Å². The van der Waals surface area contributed by atoms with E-state index in [1.54, 1.807) is 0 Å². The molecule has 4 heteroatoms. The number of hydrogen-bond donors (Lipinski definition) is 2. The van der Waals surface area contributed by atoms with Crippen LogP contribution >= 0.6 is 0 Å². The van der Waals surface area contributed by atoms with Crippen molar-refractivity contribution in [1.29, 1.82) is 0 Å². The van der Waals surface area contributed by atoms with Crippen LogP contribution in [0, 0.1) is 0 Å². The SMILES string of the molecule is CCNC(=NCCN(CC)C(C)C)NC(C)c1ccccc1. The number of likely N-dealkylation sites (N-methyl/N-ethyl adjacent to an activating group) is 1. The van der Waals surface area contributed by atoms with Crippen LogP contribution in [0.15, 0.2) is 35.3 Å². The Kier molecular flexibility index (Phi) is 8.60. The molecular weight excluding hydrogens is 272 g/mol. The van der Waals surface area contributed by atoms with E-state index in [-0.39, 0.29) is 6.04 Å². The van der Waals surface area contributed by atoms with Crippen LogP contribution in [0.4, 0.5) is 0 Å². The normalized spacial score (nSPS) is 13.5. The number of nitrogens with zero attached hydrogens (tertiary/aromatic N) is 2. The number of hydrogen-bond acceptors (Lipinski definition) is 2. The summed E-state index contributed by atoms with van der Waals surface area (Å²) in [6, 6.07) is 11.3. The van der Waals surface area contributed by atoms with E-state index in [0.29, 0.717) is 6.04 Å². The van der Waals surface area contributed by atoms with Crippen molar-refractivity contribution in [3.63, 3.8) is 0 Å². The van der Waals surface area contributed by atoms with Crippen LogP contribution in [0.2, 0.25) is 0 Å². The van der Waals surface area contributed by atoms with Gasteiger partial charge < -0.3 is 10.6 Å². The molecular formula is C18H32N4. The van der Waals surface area contributed by atoms with Gasteiger partial charge >= 0.3 is 0 Å². The summed E-state index contributed by atoms with van der Waals surface area (Å²) in [6.45, 7) is 14.7. The summed E-state index contributed by atoms with van der Waals surface area (Å²) in [7, 11) is 0. The van der Waals surface area contributed by atoms with Crippen molar-refractivity contribution in [1.82, 2.24) is 15.5 Å². The molecule has 0 bridgehead atoms. The van der Waals surface area contributed by atoms with E-state index in [1.807, 2.05) is 6.07 Å². The van der Waals surface area contributed by atoms with E-state index >= 15 is 0 Å². The van der Waals surface area contributed by atoms with E-state index < -0.39 is 0 Å². The van der Waals surface area contributed by atoms with E-state index in [1.165, 1.54) is 5.56 Å². The zero-order chi connectivity index (χ0) is 16.4. The molecule has 0 fully saturated rings. The Morgan fingerprint density at radius 3 is 2.36 bits per heavy atom. The van der Waals surface area contributed by atoms with E-state index in [0.717, 1.165) is 32.1 Å². The predicted octanol–water partition coefficient (Wildman–Crippen LogP) is 3.03. The molecule has 0 aliphatic carbocycles. The molecule has 0 aromatic heterocycles. The van der Waals surface area contributed by atoms with Crippen molar-refractivity contribution >= 4 is 5.96 Å². The minimum absolute atomic E-state index is 0.242. The third kappa shape index (κ3) is 6.48. The topological polar surface area (TPSA) is 39.7 Å². The van der Waals surface area contributed by atoms with E-state index in [2.05, 4.69) is 74.4 Å². The van der Waals surface area contributed by atoms with Gasteiger partial charge in [0, 0.05) is 19.1 Å². The van der Waals surface area contributed by atoms with Gasteiger partial charge in [0.05, 0.1) is 12.6 Å². The monoisotopic (exact) mass is 304 g/mol. The Bertz CT molecular complexity index is 428. The Hall–Kier alpha value is -1.55. The summed E-state index contributed by atoms with van der Waals surface area (Å²) in [5.41, 5.74) is 1.27. The molecule has 0 saturated carbocycles. The number of guanidine groups is 1. The molecule has 0 amide bonds. The van der Waals surface area contributed by atoms with Crippen molar-refractivity contribution in [2.75, 3.05) is 26.2 Å². The molecule has 0 aliphatic rings. The fourth-order valence-corrected chi connectivity index (χ4v) is 2.42. The van der Waals surface area contributed by atoms with Crippen molar-refractivity contribution in [3.8, 4) is 0 Å². The van der Waals surface area contributed by atoms with Gasteiger partial charge in [0.15, 0.2) is 5.96 Å². The second-order valence-electron chi connectivity index (χ2n) is 5.76. The summed E-state index contributed by atoms with van der Waals surface area (Å²) in [5.74, 6) is 0.888. The van der Waals surface area contributed by atoms with Crippen LogP contribution in [-0.2, 0) is 0 Å². The van der Waals surface area contributed by atoms with Crippen LogP contribution in [0.25, 0.3) is 0 Å². The van der Waals surface area contributed by atoms with Crippen LogP contribution in [0.5, 0.6) is 0 Å². The summed E-state index contributed by atoms with van der Waals surface area (Å²) >= 11 is 0. The maximum atomic E-state index is 4.70. The van der Waals surface area contributed by atoms with Crippen LogP contribution in [0.1, 0.15) is 46.2 Å². The summed E-state index contributed by atoms with van der Waals surface area (Å²) < 4.78 is 0. The van der Waals surface area contributed by atoms with Gasteiger partial charge in [-0.3, -0.25) is 9.89 Å². The smallest absolute Gasteiger partial charge is 0.191 e. The number of aliphatic imine (C=N–C) groups is 1. The minimum Gasteiger partial charge on any atom is -0.357 e. The highest BCUT2D eigenvalue weighted by atomic mass is 15.2. The highest BCUT2D eigenvalue weighted by Crippen LogP contribution is 2.10. The average molecular weight is 304 g/mol. The van der Waals surface area contributed by atoms with Crippen LogP contribution in [0.3, 0.4) is 0 Å². The first-order valence-corrected chi connectivity index (χ1v) is 8.42. The van der Waals surface area contributed by atoms with Gasteiger partial charge in [-0.15, -0.1) is 0 Å². The van der Waals surface area contributed by atoms with Crippen molar-refractivity contribution in [2.45, 2.75) is 46.7 Å². The lowest BCUT2D eigenvalue weighted by molar-refractivity contribution is 0.240. The molecule has 0 saturated heterocycles. The molecule has 4 nitrogen and oxygen atoms in total. The van der Waals surface area contributed by atoms with Crippen LogP contribution in [-0.4, -0.2) is 43.1 Å². The molecule has 1 aromatic rings. The highest BCUT2D eigenvalue weighted by molar-refractivity contribution is 5.80. The first-order valence-electron chi connectivity index (χ1n) is 8.42. The molecule has 124 valence electrons. The molecule has 22 heavy (non-hydrogen) atoms. The molecule has 0 heterocycles. The van der Waals surface area contributed by atoms with Gasteiger partial charge in [-0.1, -0.05) is 37.3 Å². The number of benzene rings is 1. The fraction of sp³-hybridized carbons (Fsp3) is 0.611. The number of nitrogens with one attached hydrogen (secondary N) is 2. The quantitative estimate of drug-likeness (QED) is 0.573. The third-order valence-electron chi connectivity index (χ3n) is 3.79. The van der Waals surface area contributed by atoms with Gasteiger partial charge in [0.2, 0.25) is 0 Å². The molecule has 1 atom stereocenters. The third-order valence-corrected chi connectivity index (χ3v) is 3.79. The Morgan fingerprint density at radius 1 is 1.14 bits per heavy atom. The standard InChI is InChI=1S/C18H32N4/c1-6-19-18(20-13-14-22(7-2)15(3)4)21-16(5)17-11-9-8-10-12-17/h8-12,15-16H,6-7,13-14H2,1-5H3,(H2,19,20,21). The average Bonchev–Trinajstić information content (AvgIpc) is 2.52.